The summed E-state index contributed by atoms with van der Waals surface area (Å²) in [6.45, 7) is 1.50. The number of amides is 1. The fourth-order valence-electron chi connectivity index (χ4n) is 3.35. The summed E-state index contributed by atoms with van der Waals surface area (Å²) in [4.78, 5) is 12.3. The molecule has 0 radical (unpaired) electrons. The van der Waals surface area contributed by atoms with Crippen LogP contribution in [0.2, 0.25) is 0 Å². The van der Waals surface area contributed by atoms with Crippen LogP contribution in [0.5, 0.6) is 0 Å². The summed E-state index contributed by atoms with van der Waals surface area (Å²) in [5.41, 5.74) is 0. The summed E-state index contributed by atoms with van der Waals surface area (Å²) >= 11 is 0. The lowest BCUT2D eigenvalue weighted by atomic mass is 9.82. The maximum absolute atomic E-state index is 12.3. The van der Waals surface area contributed by atoms with Crippen molar-refractivity contribution in [1.29, 1.82) is 0 Å². The minimum atomic E-state index is 0.0125. The van der Waals surface area contributed by atoms with Gasteiger partial charge in [0.1, 0.15) is 0 Å². The first-order valence-corrected chi connectivity index (χ1v) is 7.80. The van der Waals surface area contributed by atoms with Gasteiger partial charge in [-0.3, -0.25) is 4.79 Å². The highest BCUT2D eigenvalue weighted by Crippen LogP contribution is 2.28. The molecule has 2 unspecified atom stereocenters. The fourth-order valence-corrected chi connectivity index (χ4v) is 3.35. The molecule has 110 valence electrons. The Labute approximate surface area is 115 Å². The quantitative estimate of drug-likeness (QED) is 0.801. The molecule has 1 aliphatic carbocycles. The second-order valence-electron chi connectivity index (χ2n) is 5.94. The van der Waals surface area contributed by atoms with Crippen LogP contribution in [0.15, 0.2) is 0 Å². The van der Waals surface area contributed by atoms with E-state index in [1.807, 2.05) is 0 Å². The van der Waals surface area contributed by atoms with Crippen LogP contribution in [-0.4, -0.2) is 36.9 Å². The van der Waals surface area contributed by atoms with Crippen molar-refractivity contribution in [3.8, 4) is 0 Å². The molecule has 2 atom stereocenters. The van der Waals surface area contributed by atoms with Gasteiger partial charge in [-0.2, -0.15) is 0 Å². The van der Waals surface area contributed by atoms with Gasteiger partial charge in [0.25, 0.3) is 0 Å². The number of carbonyl (C=O) groups is 1. The van der Waals surface area contributed by atoms with E-state index >= 15 is 0 Å². The Hall–Kier alpha value is -0.610. The van der Waals surface area contributed by atoms with E-state index < -0.39 is 0 Å². The van der Waals surface area contributed by atoms with Crippen LogP contribution in [0.4, 0.5) is 0 Å². The number of hydrogen-bond acceptors (Lipinski definition) is 3. The number of ether oxygens (including phenoxy) is 1. The van der Waals surface area contributed by atoms with Crippen molar-refractivity contribution in [2.24, 2.45) is 11.8 Å². The molecule has 0 aromatic carbocycles. The smallest absolute Gasteiger partial charge is 0.225 e. The Morgan fingerprint density at radius 1 is 1.21 bits per heavy atom. The number of aliphatic hydroxyl groups excluding tert-OH is 1. The molecule has 19 heavy (non-hydrogen) atoms. The Morgan fingerprint density at radius 3 is 2.63 bits per heavy atom. The van der Waals surface area contributed by atoms with Crippen LogP contribution in [0.3, 0.4) is 0 Å². The minimum Gasteiger partial charge on any atom is -0.396 e. The van der Waals surface area contributed by atoms with Gasteiger partial charge in [-0.15, -0.1) is 0 Å². The number of carbonyl (C=O) groups excluding carboxylic acids is 1. The molecule has 1 amide bonds. The van der Waals surface area contributed by atoms with E-state index in [9.17, 15) is 9.90 Å². The molecule has 2 fully saturated rings. The van der Waals surface area contributed by atoms with E-state index in [2.05, 4.69) is 5.32 Å². The monoisotopic (exact) mass is 269 g/mol. The topological polar surface area (TPSA) is 58.6 Å². The zero-order valence-corrected chi connectivity index (χ0v) is 11.8. The molecule has 1 aliphatic heterocycles. The van der Waals surface area contributed by atoms with Gasteiger partial charge in [-0.1, -0.05) is 19.3 Å². The van der Waals surface area contributed by atoms with Crippen molar-refractivity contribution in [1.82, 2.24) is 5.32 Å². The van der Waals surface area contributed by atoms with Gasteiger partial charge in [0.15, 0.2) is 0 Å². The van der Waals surface area contributed by atoms with Crippen molar-refractivity contribution in [3.63, 3.8) is 0 Å². The average Bonchev–Trinajstić information content (AvgIpc) is 2.48. The highest BCUT2D eigenvalue weighted by Gasteiger charge is 2.28. The van der Waals surface area contributed by atoms with Crippen molar-refractivity contribution in [3.05, 3.63) is 0 Å². The lowest BCUT2D eigenvalue weighted by Crippen LogP contribution is -2.45. The molecule has 1 saturated heterocycles. The maximum Gasteiger partial charge on any atom is 0.225 e. The van der Waals surface area contributed by atoms with E-state index in [-0.39, 0.29) is 24.5 Å². The molecule has 0 bridgehead atoms. The molecular formula is C15H27NO3. The van der Waals surface area contributed by atoms with Gasteiger partial charge in [-0.05, 0) is 38.0 Å². The molecule has 1 heterocycles. The van der Waals surface area contributed by atoms with Crippen LogP contribution in [0, 0.1) is 11.8 Å². The first kappa shape index (κ1) is 14.8. The summed E-state index contributed by atoms with van der Waals surface area (Å²) in [5.74, 6) is 0.691. The molecule has 1 saturated carbocycles. The van der Waals surface area contributed by atoms with Crippen LogP contribution < -0.4 is 5.32 Å². The Balaban J connectivity index is 1.85. The Kier molecular flexibility index (Phi) is 6.11. The Morgan fingerprint density at radius 2 is 2.00 bits per heavy atom. The van der Waals surface area contributed by atoms with Gasteiger partial charge in [0.2, 0.25) is 5.91 Å². The number of nitrogens with one attached hydrogen (secondary N) is 1. The predicted octanol–water partition coefficient (Wildman–Crippen LogP) is 1.86. The van der Waals surface area contributed by atoms with Gasteiger partial charge >= 0.3 is 0 Å². The SMILES string of the molecule is O=C(NC(CCO)C1CCCCC1)C1CCCOC1. The average molecular weight is 269 g/mol. The predicted molar refractivity (Wildman–Crippen MR) is 73.8 cm³/mol. The van der Waals surface area contributed by atoms with E-state index in [0.29, 0.717) is 18.9 Å². The van der Waals surface area contributed by atoms with Gasteiger partial charge in [-0.25, -0.2) is 0 Å². The van der Waals surface area contributed by atoms with Crippen LogP contribution in [-0.2, 0) is 9.53 Å². The molecule has 4 heteroatoms. The van der Waals surface area contributed by atoms with Gasteiger partial charge < -0.3 is 15.2 Å². The number of rotatable bonds is 5. The summed E-state index contributed by atoms with van der Waals surface area (Å²) in [6, 6.07) is 0.153. The van der Waals surface area contributed by atoms with Crippen LogP contribution >= 0.6 is 0 Å². The van der Waals surface area contributed by atoms with E-state index in [1.165, 1.54) is 32.1 Å². The molecule has 2 rings (SSSR count). The second kappa shape index (κ2) is 7.85. The Bertz CT molecular complexity index is 271. The van der Waals surface area contributed by atoms with Gasteiger partial charge in [0.05, 0.1) is 12.5 Å². The fraction of sp³-hybridized carbons (Fsp3) is 0.933. The molecule has 2 aliphatic rings. The van der Waals surface area contributed by atoms with Crippen molar-refractivity contribution < 1.29 is 14.6 Å². The number of hydrogen-bond donors (Lipinski definition) is 2. The third-order valence-electron chi connectivity index (χ3n) is 4.52. The first-order chi connectivity index (χ1) is 9.31. The zero-order chi connectivity index (χ0) is 13.5. The van der Waals surface area contributed by atoms with Crippen molar-refractivity contribution >= 4 is 5.91 Å². The largest absolute Gasteiger partial charge is 0.396 e. The zero-order valence-electron chi connectivity index (χ0n) is 11.8. The first-order valence-electron chi connectivity index (χ1n) is 7.80. The third-order valence-corrected chi connectivity index (χ3v) is 4.52. The molecule has 4 nitrogen and oxygen atoms in total. The standard InChI is InChI=1S/C15H27NO3/c17-9-8-14(12-5-2-1-3-6-12)16-15(18)13-7-4-10-19-11-13/h12-14,17H,1-11H2,(H,16,18). The summed E-state index contributed by atoms with van der Waals surface area (Å²) in [6.07, 6.45) is 8.80. The molecular weight excluding hydrogens is 242 g/mol. The summed E-state index contributed by atoms with van der Waals surface area (Å²) in [5, 5.41) is 12.4. The van der Waals surface area contributed by atoms with Crippen molar-refractivity contribution in [2.45, 2.75) is 57.4 Å². The normalized spacial score (nSPS) is 26.9. The van der Waals surface area contributed by atoms with Crippen molar-refractivity contribution in [2.75, 3.05) is 19.8 Å². The minimum absolute atomic E-state index is 0.0125. The summed E-state index contributed by atoms with van der Waals surface area (Å²) in [7, 11) is 0. The molecule has 0 aromatic heterocycles. The maximum atomic E-state index is 12.3. The van der Waals surface area contributed by atoms with Crippen LogP contribution in [0.1, 0.15) is 51.4 Å². The van der Waals surface area contributed by atoms with Crippen LogP contribution in [0.25, 0.3) is 0 Å². The molecule has 2 N–H and O–H groups in total. The highest BCUT2D eigenvalue weighted by molar-refractivity contribution is 5.79. The van der Waals surface area contributed by atoms with E-state index in [0.717, 1.165) is 19.4 Å². The lowest BCUT2D eigenvalue weighted by Gasteiger charge is -2.32. The third kappa shape index (κ3) is 4.46. The van der Waals surface area contributed by atoms with E-state index in [1.54, 1.807) is 0 Å². The molecule has 0 aromatic rings. The second-order valence-corrected chi connectivity index (χ2v) is 5.94. The summed E-state index contributed by atoms with van der Waals surface area (Å²) < 4.78 is 5.38. The van der Waals surface area contributed by atoms with E-state index in [4.69, 9.17) is 4.74 Å². The highest BCUT2D eigenvalue weighted by atomic mass is 16.5. The van der Waals surface area contributed by atoms with Gasteiger partial charge in [0, 0.05) is 19.3 Å². The molecule has 0 spiro atoms. The number of aliphatic hydroxyl groups is 1. The lowest BCUT2D eigenvalue weighted by molar-refractivity contribution is -0.130.